The van der Waals surface area contributed by atoms with Gasteiger partial charge in [0.05, 0.1) is 12.1 Å². The highest BCUT2D eigenvalue weighted by atomic mass is 35.5. The minimum absolute atomic E-state index is 0. The number of halogens is 1. The van der Waals surface area contributed by atoms with E-state index in [-0.39, 0.29) is 24.4 Å². The monoisotopic (exact) mass is 394 g/mol. The van der Waals surface area contributed by atoms with Crippen LogP contribution in [0.15, 0.2) is 91.0 Å². The van der Waals surface area contributed by atoms with Crippen molar-refractivity contribution in [1.82, 2.24) is 4.90 Å². The van der Waals surface area contributed by atoms with Gasteiger partial charge in [0.25, 0.3) is 0 Å². The summed E-state index contributed by atoms with van der Waals surface area (Å²) in [5.41, 5.74) is 9.61. The largest absolute Gasteiger partial charge is 0.330 e. The average molecular weight is 395 g/mol. The fourth-order valence-corrected chi connectivity index (χ4v) is 3.27. The molecular formula is C24H27ClN2O. The predicted octanol–water partition coefficient (Wildman–Crippen LogP) is 4.77. The molecule has 0 aromatic heterocycles. The summed E-state index contributed by atoms with van der Waals surface area (Å²) in [5.74, 6) is -0.0286. The van der Waals surface area contributed by atoms with Crippen LogP contribution in [0.3, 0.4) is 0 Å². The highest BCUT2D eigenvalue weighted by molar-refractivity contribution is 5.85. The molecule has 1 unspecified atom stereocenters. The Morgan fingerprint density at radius 1 is 0.821 bits per heavy atom. The van der Waals surface area contributed by atoms with E-state index in [1.165, 1.54) is 0 Å². The lowest BCUT2D eigenvalue weighted by Crippen LogP contribution is -2.45. The summed E-state index contributed by atoms with van der Waals surface area (Å²) in [6.07, 6.45) is 0.534. The summed E-state index contributed by atoms with van der Waals surface area (Å²) in [5, 5.41) is 0. The van der Waals surface area contributed by atoms with Crippen LogP contribution in [0.5, 0.6) is 0 Å². The Morgan fingerprint density at radius 3 is 1.82 bits per heavy atom. The maximum absolute atomic E-state index is 13.3. The number of benzene rings is 3. The van der Waals surface area contributed by atoms with E-state index in [1.807, 2.05) is 83.8 Å². The van der Waals surface area contributed by atoms with Crippen molar-refractivity contribution in [3.63, 3.8) is 0 Å². The van der Waals surface area contributed by atoms with Crippen LogP contribution in [-0.4, -0.2) is 16.8 Å². The Labute approximate surface area is 173 Å². The molecule has 2 N–H and O–H groups in total. The fourth-order valence-electron chi connectivity index (χ4n) is 3.27. The van der Waals surface area contributed by atoms with Gasteiger partial charge in [0.1, 0.15) is 0 Å². The van der Waals surface area contributed by atoms with Gasteiger partial charge in [-0.3, -0.25) is 4.79 Å². The number of hydrogen-bond donors (Lipinski definition) is 1. The Hall–Kier alpha value is -2.62. The van der Waals surface area contributed by atoms with Gasteiger partial charge in [0.15, 0.2) is 0 Å². The number of carbonyl (C=O) groups excluding carboxylic acids is 1. The van der Waals surface area contributed by atoms with Gasteiger partial charge in [0.2, 0.25) is 5.91 Å². The predicted molar refractivity (Wildman–Crippen MR) is 117 cm³/mol. The van der Waals surface area contributed by atoms with Crippen LogP contribution < -0.4 is 5.73 Å². The number of rotatable bonds is 7. The first-order valence-corrected chi connectivity index (χ1v) is 9.34. The topological polar surface area (TPSA) is 46.3 Å². The SMILES string of the molecule is C[C@@H](c1ccccc1)N(Cc1ccccc1)C(=O)C(N)Cc1ccccc1.Cl. The summed E-state index contributed by atoms with van der Waals surface area (Å²) in [4.78, 5) is 15.2. The molecule has 1 amide bonds. The van der Waals surface area contributed by atoms with E-state index in [1.54, 1.807) is 0 Å². The first-order valence-electron chi connectivity index (χ1n) is 9.34. The van der Waals surface area contributed by atoms with Gasteiger partial charge in [-0.05, 0) is 30.0 Å². The van der Waals surface area contributed by atoms with Crippen LogP contribution in [0.4, 0.5) is 0 Å². The highest BCUT2D eigenvalue weighted by Crippen LogP contribution is 2.23. The van der Waals surface area contributed by atoms with Crippen molar-refractivity contribution in [1.29, 1.82) is 0 Å². The van der Waals surface area contributed by atoms with E-state index in [2.05, 4.69) is 19.1 Å². The first-order chi connectivity index (χ1) is 13.1. The van der Waals surface area contributed by atoms with Gasteiger partial charge in [-0.15, -0.1) is 12.4 Å². The summed E-state index contributed by atoms with van der Waals surface area (Å²) in [6.45, 7) is 2.60. The lowest BCUT2D eigenvalue weighted by atomic mass is 10.0. The molecule has 0 saturated carbocycles. The third kappa shape index (κ3) is 5.69. The molecule has 3 rings (SSSR count). The van der Waals surface area contributed by atoms with E-state index < -0.39 is 6.04 Å². The second-order valence-electron chi connectivity index (χ2n) is 6.83. The van der Waals surface area contributed by atoms with Crippen molar-refractivity contribution in [2.45, 2.75) is 32.0 Å². The standard InChI is InChI=1S/C24H26N2O.ClH/c1-19(22-15-9-4-10-16-22)26(18-21-13-7-3-8-14-21)24(27)23(25)17-20-11-5-2-6-12-20;/h2-16,19,23H,17-18,25H2,1H3;1H/t19-,23?;/m0./s1. The van der Waals surface area contributed by atoms with E-state index >= 15 is 0 Å². The van der Waals surface area contributed by atoms with Gasteiger partial charge in [-0.2, -0.15) is 0 Å². The minimum Gasteiger partial charge on any atom is -0.330 e. The quantitative estimate of drug-likeness (QED) is 0.627. The van der Waals surface area contributed by atoms with Crippen LogP contribution in [-0.2, 0) is 17.8 Å². The number of carbonyl (C=O) groups is 1. The van der Waals surface area contributed by atoms with Crippen LogP contribution in [0.2, 0.25) is 0 Å². The molecule has 0 aliphatic heterocycles. The zero-order valence-corrected chi connectivity index (χ0v) is 16.9. The van der Waals surface area contributed by atoms with Gasteiger partial charge >= 0.3 is 0 Å². The molecule has 0 aliphatic carbocycles. The molecular weight excluding hydrogens is 368 g/mol. The molecule has 0 spiro atoms. The second-order valence-corrected chi connectivity index (χ2v) is 6.83. The normalized spacial score (nSPS) is 12.5. The van der Waals surface area contributed by atoms with Crippen molar-refractivity contribution >= 4 is 18.3 Å². The molecule has 2 atom stereocenters. The third-order valence-corrected chi connectivity index (χ3v) is 4.84. The summed E-state index contributed by atoms with van der Waals surface area (Å²) in [7, 11) is 0. The molecule has 3 aromatic carbocycles. The van der Waals surface area contributed by atoms with E-state index in [0.717, 1.165) is 16.7 Å². The summed E-state index contributed by atoms with van der Waals surface area (Å²) in [6, 6.07) is 29.5. The Kier molecular flexibility index (Phi) is 8.24. The first kappa shape index (κ1) is 21.7. The van der Waals surface area contributed by atoms with Crippen molar-refractivity contribution in [3.8, 4) is 0 Å². The number of nitrogens with zero attached hydrogens (tertiary/aromatic N) is 1. The molecule has 0 heterocycles. The maximum Gasteiger partial charge on any atom is 0.240 e. The molecule has 4 heteroatoms. The molecule has 28 heavy (non-hydrogen) atoms. The molecule has 0 bridgehead atoms. The van der Waals surface area contributed by atoms with Gasteiger partial charge in [-0.25, -0.2) is 0 Å². The summed E-state index contributed by atoms with van der Waals surface area (Å²) < 4.78 is 0. The lowest BCUT2D eigenvalue weighted by Gasteiger charge is -2.32. The molecule has 0 aliphatic rings. The fraction of sp³-hybridized carbons (Fsp3) is 0.208. The van der Waals surface area contributed by atoms with Crippen molar-refractivity contribution in [2.24, 2.45) is 5.73 Å². The molecule has 146 valence electrons. The van der Waals surface area contributed by atoms with Gasteiger partial charge < -0.3 is 10.6 Å². The zero-order valence-electron chi connectivity index (χ0n) is 16.1. The molecule has 3 aromatic rings. The molecule has 0 radical (unpaired) electrons. The average Bonchev–Trinajstić information content (AvgIpc) is 2.73. The van der Waals surface area contributed by atoms with Gasteiger partial charge in [-0.1, -0.05) is 91.0 Å². The van der Waals surface area contributed by atoms with E-state index in [4.69, 9.17) is 5.73 Å². The number of nitrogens with two attached hydrogens (primary N) is 1. The Morgan fingerprint density at radius 2 is 1.29 bits per heavy atom. The van der Waals surface area contributed by atoms with Crippen LogP contribution >= 0.6 is 12.4 Å². The Bertz CT molecular complexity index is 840. The van der Waals surface area contributed by atoms with Crippen LogP contribution in [0.1, 0.15) is 29.7 Å². The maximum atomic E-state index is 13.3. The van der Waals surface area contributed by atoms with Crippen molar-refractivity contribution in [3.05, 3.63) is 108 Å². The molecule has 0 saturated heterocycles. The van der Waals surface area contributed by atoms with Crippen molar-refractivity contribution < 1.29 is 4.79 Å². The lowest BCUT2D eigenvalue weighted by molar-refractivity contribution is -0.135. The van der Waals surface area contributed by atoms with Crippen LogP contribution in [0, 0.1) is 0 Å². The van der Waals surface area contributed by atoms with Gasteiger partial charge in [0, 0.05) is 6.54 Å². The zero-order chi connectivity index (χ0) is 19.1. The van der Waals surface area contributed by atoms with Crippen molar-refractivity contribution in [2.75, 3.05) is 0 Å². The smallest absolute Gasteiger partial charge is 0.240 e. The number of hydrogen-bond acceptors (Lipinski definition) is 2. The minimum atomic E-state index is -0.567. The Balaban J connectivity index is 0.00000280. The van der Waals surface area contributed by atoms with E-state index in [0.29, 0.717) is 13.0 Å². The number of amides is 1. The van der Waals surface area contributed by atoms with Crippen LogP contribution in [0.25, 0.3) is 0 Å². The highest BCUT2D eigenvalue weighted by Gasteiger charge is 2.26. The van der Waals surface area contributed by atoms with E-state index in [9.17, 15) is 4.79 Å². The molecule has 0 fully saturated rings. The molecule has 3 nitrogen and oxygen atoms in total. The second kappa shape index (κ2) is 10.6. The summed E-state index contributed by atoms with van der Waals surface area (Å²) >= 11 is 0. The third-order valence-electron chi connectivity index (χ3n) is 4.84.